The number of ether oxygens (including phenoxy) is 1. The van der Waals surface area contributed by atoms with Crippen molar-refractivity contribution in [1.82, 2.24) is 10.6 Å². The lowest BCUT2D eigenvalue weighted by Crippen LogP contribution is -2.46. The minimum absolute atomic E-state index is 0.114. The zero-order chi connectivity index (χ0) is 17.6. The first-order chi connectivity index (χ1) is 10.6. The number of hydrogen-bond donors (Lipinski definition) is 3. The molecule has 5 nitrogen and oxygen atoms in total. The molecule has 23 heavy (non-hydrogen) atoms. The zero-order valence-electron chi connectivity index (χ0n) is 15.0. The van der Waals surface area contributed by atoms with Crippen molar-refractivity contribution in [2.45, 2.75) is 59.2 Å². The number of alkyl carbamates (subject to hydrolysis) is 1. The number of rotatable bonds is 6. The molecule has 0 fully saturated rings. The van der Waals surface area contributed by atoms with Crippen LogP contribution in [0.5, 0.6) is 5.75 Å². The fourth-order valence-corrected chi connectivity index (χ4v) is 2.17. The summed E-state index contributed by atoms with van der Waals surface area (Å²) in [6, 6.07) is 7.38. The third-order valence-electron chi connectivity index (χ3n) is 3.53. The van der Waals surface area contributed by atoms with Gasteiger partial charge in [-0.3, -0.25) is 0 Å². The van der Waals surface area contributed by atoms with Crippen LogP contribution in [0.2, 0.25) is 0 Å². The molecule has 0 aliphatic carbocycles. The first-order valence-corrected chi connectivity index (χ1v) is 8.10. The van der Waals surface area contributed by atoms with Crippen molar-refractivity contribution < 1.29 is 14.6 Å². The Balaban J connectivity index is 2.58. The standard InChI is InChI=1S/C18H30N2O3/c1-12(2)16(11-19-17(22)23-18(4,5)6)20-13(3)14-7-9-15(21)10-8-14/h7-10,12-13,16,20-21H,11H2,1-6H3,(H,19,22). The van der Waals surface area contributed by atoms with Crippen LogP contribution in [-0.2, 0) is 4.74 Å². The van der Waals surface area contributed by atoms with E-state index >= 15 is 0 Å². The third-order valence-corrected chi connectivity index (χ3v) is 3.53. The van der Waals surface area contributed by atoms with Gasteiger partial charge in [0.05, 0.1) is 0 Å². The quantitative estimate of drug-likeness (QED) is 0.748. The Morgan fingerprint density at radius 2 is 1.74 bits per heavy atom. The van der Waals surface area contributed by atoms with E-state index in [0.717, 1.165) is 5.56 Å². The van der Waals surface area contributed by atoms with Crippen LogP contribution in [0, 0.1) is 5.92 Å². The highest BCUT2D eigenvalue weighted by Gasteiger charge is 2.20. The maximum atomic E-state index is 11.8. The number of aromatic hydroxyl groups is 1. The Labute approximate surface area is 139 Å². The number of phenols is 1. The van der Waals surface area contributed by atoms with E-state index in [2.05, 4.69) is 31.4 Å². The van der Waals surface area contributed by atoms with E-state index in [1.54, 1.807) is 12.1 Å². The number of carbonyl (C=O) groups excluding carboxylic acids is 1. The summed E-state index contributed by atoms with van der Waals surface area (Å²) >= 11 is 0. The summed E-state index contributed by atoms with van der Waals surface area (Å²) < 4.78 is 5.27. The van der Waals surface area contributed by atoms with E-state index in [1.807, 2.05) is 32.9 Å². The highest BCUT2D eigenvalue weighted by molar-refractivity contribution is 5.67. The predicted molar refractivity (Wildman–Crippen MR) is 92.5 cm³/mol. The van der Waals surface area contributed by atoms with Crippen LogP contribution in [0.4, 0.5) is 4.79 Å². The Morgan fingerprint density at radius 1 is 1.17 bits per heavy atom. The highest BCUT2D eigenvalue weighted by atomic mass is 16.6. The normalized spacial score (nSPS) is 14.4. The summed E-state index contributed by atoms with van der Waals surface area (Å²) in [5, 5.41) is 15.7. The molecule has 1 amide bonds. The first-order valence-electron chi connectivity index (χ1n) is 8.10. The highest BCUT2D eigenvalue weighted by Crippen LogP contribution is 2.18. The molecule has 0 bridgehead atoms. The van der Waals surface area contributed by atoms with Gasteiger partial charge in [0.15, 0.2) is 0 Å². The number of nitrogens with one attached hydrogen (secondary N) is 2. The molecule has 2 unspecified atom stereocenters. The van der Waals surface area contributed by atoms with E-state index in [-0.39, 0.29) is 17.8 Å². The first kappa shape index (κ1) is 19.3. The van der Waals surface area contributed by atoms with Crippen molar-refractivity contribution in [3.05, 3.63) is 29.8 Å². The van der Waals surface area contributed by atoms with Gasteiger partial charge in [-0.05, 0) is 51.3 Å². The molecular weight excluding hydrogens is 292 g/mol. The molecule has 3 N–H and O–H groups in total. The van der Waals surface area contributed by atoms with Gasteiger partial charge < -0.3 is 20.5 Å². The van der Waals surface area contributed by atoms with E-state index in [0.29, 0.717) is 12.5 Å². The van der Waals surface area contributed by atoms with Crippen LogP contribution in [-0.4, -0.2) is 29.4 Å². The molecule has 0 aliphatic rings. The van der Waals surface area contributed by atoms with E-state index in [4.69, 9.17) is 4.74 Å². The van der Waals surface area contributed by atoms with Crippen molar-refractivity contribution in [2.75, 3.05) is 6.54 Å². The van der Waals surface area contributed by atoms with Crippen molar-refractivity contribution in [3.63, 3.8) is 0 Å². The van der Waals surface area contributed by atoms with E-state index < -0.39 is 11.7 Å². The number of carbonyl (C=O) groups is 1. The Morgan fingerprint density at radius 3 is 2.22 bits per heavy atom. The maximum Gasteiger partial charge on any atom is 0.407 e. The molecule has 1 aromatic rings. The molecule has 0 aliphatic heterocycles. The van der Waals surface area contributed by atoms with Crippen LogP contribution < -0.4 is 10.6 Å². The molecule has 2 atom stereocenters. The summed E-state index contributed by atoms with van der Waals surface area (Å²) in [7, 11) is 0. The van der Waals surface area contributed by atoms with Crippen LogP contribution in [0.3, 0.4) is 0 Å². The van der Waals surface area contributed by atoms with Gasteiger partial charge in [-0.15, -0.1) is 0 Å². The van der Waals surface area contributed by atoms with Gasteiger partial charge in [-0.25, -0.2) is 4.79 Å². The maximum absolute atomic E-state index is 11.8. The largest absolute Gasteiger partial charge is 0.508 e. The number of benzene rings is 1. The van der Waals surface area contributed by atoms with Crippen molar-refractivity contribution in [2.24, 2.45) is 5.92 Å². The van der Waals surface area contributed by atoms with E-state index in [9.17, 15) is 9.90 Å². The number of hydrogen-bond acceptors (Lipinski definition) is 4. The molecular formula is C18H30N2O3. The molecule has 0 spiro atoms. The van der Waals surface area contributed by atoms with Crippen LogP contribution in [0.15, 0.2) is 24.3 Å². The summed E-state index contributed by atoms with van der Waals surface area (Å²) in [4.78, 5) is 11.8. The van der Waals surface area contributed by atoms with Gasteiger partial charge in [0.25, 0.3) is 0 Å². The third kappa shape index (κ3) is 7.37. The lowest BCUT2D eigenvalue weighted by molar-refractivity contribution is 0.0518. The van der Waals surface area contributed by atoms with Crippen LogP contribution in [0.1, 0.15) is 53.1 Å². The van der Waals surface area contributed by atoms with Crippen LogP contribution in [0.25, 0.3) is 0 Å². The Bertz CT molecular complexity index is 492. The summed E-state index contributed by atoms with van der Waals surface area (Å²) in [5.41, 5.74) is 0.593. The summed E-state index contributed by atoms with van der Waals surface area (Å²) in [5.74, 6) is 0.609. The predicted octanol–water partition coefficient (Wildman–Crippen LogP) is 3.59. The van der Waals surface area contributed by atoms with Crippen molar-refractivity contribution >= 4 is 6.09 Å². The lowest BCUT2D eigenvalue weighted by atomic mass is 10.0. The molecule has 0 saturated heterocycles. The smallest absolute Gasteiger partial charge is 0.407 e. The number of amides is 1. The lowest BCUT2D eigenvalue weighted by Gasteiger charge is -2.28. The van der Waals surface area contributed by atoms with Gasteiger partial charge in [-0.2, -0.15) is 0 Å². The van der Waals surface area contributed by atoms with Gasteiger partial charge in [0.1, 0.15) is 11.4 Å². The number of phenolic OH excluding ortho intramolecular Hbond substituents is 1. The Hall–Kier alpha value is -1.75. The SMILES string of the molecule is CC(NC(CNC(=O)OC(C)(C)C)C(C)C)c1ccc(O)cc1. The monoisotopic (exact) mass is 322 g/mol. The second-order valence-corrected chi connectivity index (χ2v) is 7.21. The topological polar surface area (TPSA) is 70.6 Å². The van der Waals surface area contributed by atoms with E-state index in [1.165, 1.54) is 0 Å². The second kappa shape index (κ2) is 8.20. The molecule has 5 heteroatoms. The molecule has 130 valence electrons. The molecule has 0 radical (unpaired) electrons. The fraction of sp³-hybridized carbons (Fsp3) is 0.611. The molecule has 1 aromatic carbocycles. The van der Waals surface area contributed by atoms with Gasteiger partial charge in [0.2, 0.25) is 0 Å². The minimum atomic E-state index is -0.496. The summed E-state index contributed by atoms with van der Waals surface area (Å²) in [6.45, 7) is 12.3. The minimum Gasteiger partial charge on any atom is -0.508 e. The van der Waals surface area contributed by atoms with Crippen LogP contribution >= 0.6 is 0 Å². The molecule has 0 aromatic heterocycles. The zero-order valence-corrected chi connectivity index (χ0v) is 15.0. The fourth-order valence-electron chi connectivity index (χ4n) is 2.17. The Kier molecular flexibility index (Phi) is 6.88. The summed E-state index contributed by atoms with van der Waals surface area (Å²) in [6.07, 6.45) is -0.401. The molecule has 1 rings (SSSR count). The van der Waals surface area contributed by atoms with Crippen molar-refractivity contribution in [1.29, 1.82) is 0 Å². The second-order valence-electron chi connectivity index (χ2n) is 7.21. The van der Waals surface area contributed by atoms with Gasteiger partial charge in [-0.1, -0.05) is 26.0 Å². The average molecular weight is 322 g/mol. The van der Waals surface area contributed by atoms with Gasteiger partial charge >= 0.3 is 6.09 Å². The van der Waals surface area contributed by atoms with Gasteiger partial charge in [0, 0.05) is 18.6 Å². The van der Waals surface area contributed by atoms with Crippen molar-refractivity contribution in [3.8, 4) is 5.75 Å². The molecule has 0 saturated carbocycles. The molecule has 0 heterocycles. The average Bonchev–Trinajstić information content (AvgIpc) is 2.41.